The van der Waals surface area contributed by atoms with Crippen LogP contribution in [0, 0.1) is 0 Å². The van der Waals surface area contributed by atoms with Crippen LogP contribution in [0.15, 0.2) is 90.7 Å². The molecule has 1 heterocycles. The van der Waals surface area contributed by atoms with E-state index in [9.17, 15) is 9.90 Å². The minimum atomic E-state index is -0.921. The molecule has 166 valence electrons. The van der Waals surface area contributed by atoms with Crippen molar-refractivity contribution in [3.8, 4) is 0 Å². The minimum absolute atomic E-state index is 0.0938. The molecule has 4 nitrogen and oxygen atoms in total. The third kappa shape index (κ3) is 3.47. The first kappa shape index (κ1) is 21.2. The van der Waals surface area contributed by atoms with Crippen LogP contribution in [0.2, 0.25) is 0 Å². The maximum atomic E-state index is 13.7. The third-order valence-corrected chi connectivity index (χ3v) is 6.74. The average Bonchev–Trinajstić information content (AvgIpc) is 2.83. The summed E-state index contributed by atoms with van der Waals surface area (Å²) < 4.78 is 5.93. The highest BCUT2D eigenvalue weighted by Gasteiger charge is 2.43. The summed E-state index contributed by atoms with van der Waals surface area (Å²) in [4.78, 5) is 15.3. The van der Waals surface area contributed by atoms with E-state index in [1.165, 1.54) is 0 Å². The number of ether oxygens (including phenoxy) is 1. The van der Waals surface area contributed by atoms with E-state index in [0.717, 1.165) is 32.7 Å². The van der Waals surface area contributed by atoms with Gasteiger partial charge in [0, 0.05) is 0 Å². The van der Waals surface area contributed by atoms with Gasteiger partial charge < -0.3 is 9.84 Å². The second kappa shape index (κ2) is 8.05. The lowest BCUT2D eigenvalue weighted by Crippen LogP contribution is -2.54. The van der Waals surface area contributed by atoms with Crippen LogP contribution in [0.4, 0.5) is 0 Å². The molecule has 0 aromatic heterocycles. The Kier molecular flexibility index (Phi) is 5.18. The summed E-state index contributed by atoms with van der Waals surface area (Å²) in [6, 6.07) is 27.9. The highest BCUT2D eigenvalue weighted by Crippen LogP contribution is 2.40. The summed E-state index contributed by atoms with van der Waals surface area (Å²) in [6.07, 6.45) is -0.921. The molecule has 0 spiro atoms. The molecular formula is C29H27NO3. The van der Waals surface area contributed by atoms with E-state index in [1.807, 2.05) is 87.5 Å². The van der Waals surface area contributed by atoms with Gasteiger partial charge in [-0.3, -0.25) is 9.69 Å². The molecule has 0 saturated heterocycles. The fourth-order valence-corrected chi connectivity index (χ4v) is 4.77. The van der Waals surface area contributed by atoms with E-state index in [0.29, 0.717) is 11.3 Å². The first-order chi connectivity index (χ1) is 15.9. The van der Waals surface area contributed by atoms with Gasteiger partial charge in [-0.05, 0) is 59.5 Å². The van der Waals surface area contributed by atoms with Crippen LogP contribution in [-0.2, 0) is 9.53 Å². The molecule has 0 aliphatic carbocycles. The largest absolute Gasteiger partial charge is 0.477 e. The summed E-state index contributed by atoms with van der Waals surface area (Å²) in [5, 5.41) is 16.0. The van der Waals surface area contributed by atoms with E-state index in [-0.39, 0.29) is 12.6 Å². The Morgan fingerprint density at radius 2 is 1.48 bits per heavy atom. The van der Waals surface area contributed by atoms with Gasteiger partial charge in [0.05, 0.1) is 11.1 Å². The monoisotopic (exact) mass is 437 g/mol. The van der Waals surface area contributed by atoms with Gasteiger partial charge in [-0.25, -0.2) is 0 Å². The van der Waals surface area contributed by atoms with Crippen molar-refractivity contribution in [2.75, 3.05) is 6.73 Å². The lowest BCUT2D eigenvalue weighted by molar-refractivity contribution is -0.146. The highest BCUT2D eigenvalue weighted by molar-refractivity contribution is 6.20. The number of hydrogen-bond acceptors (Lipinski definition) is 3. The van der Waals surface area contributed by atoms with Crippen LogP contribution in [0.3, 0.4) is 0 Å². The molecule has 1 aliphatic heterocycles. The Hall–Kier alpha value is -3.63. The molecule has 1 aliphatic rings. The van der Waals surface area contributed by atoms with Gasteiger partial charge in [0.25, 0.3) is 5.91 Å². The number of aliphatic hydroxyl groups is 1. The molecule has 4 aromatic carbocycles. The standard InChI is InChI=1S/C29H27NO3/c1-19-26(20-11-5-4-6-12-20)28(32)30(18-33-19)29(2,3)27(31)25-17-21-13-7-8-14-22(21)23-15-9-10-16-24(23)25/h4-17,27,31H,18H2,1-3H3. The molecule has 5 rings (SSSR count). The molecule has 1 unspecified atom stereocenters. The minimum Gasteiger partial charge on any atom is -0.477 e. The first-order valence-corrected chi connectivity index (χ1v) is 11.2. The Morgan fingerprint density at radius 3 is 2.21 bits per heavy atom. The van der Waals surface area contributed by atoms with Crippen molar-refractivity contribution >= 4 is 33.0 Å². The SMILES string of the molecule is CC1=C(c2ccccc2)C(=O)N(C(C)(C)C(O)c2cc3ccccc3c3ccccc23)CO1. The smallest absolute Gasteiger partial charge is 0.261 e. The third-order valence-electron chi connectivity index (χ3n) is 6.74. The lowest BCUT2D eigenvalue weighted by Gasteiger charge is -2.44. The summed E-state index contributed by atoms with van der Waals surface area (Å²) in [5.74, 6) is 0.461. The summed E-state index contributed by atoms with van der Waals surface area (Å²) in [7, 11) is 0. The van der Waals surface area contributed by atoms with Gasteiger partial charge in [-0.15, -0.1) is 0 Å². The predicted octanol–water partition coefficient (Wildman–Crippen LogP) is 6.05. The van der Waals surface area contributed by atoms with E-state index in [4.69, 9.17) is 4.74 Å². The van der Waals surface area contributed by atoms with Crippen molar-refractivity contribution in [3.63, 3.8) is 0 Å². The lowest BCUT2D eigenvalue weighted by atomic mass is 9.84. The van der Waals surface area contributed by atoms with Crippen molar-refractivity contribution in [2.45, 2.75) is 32.4 Å². The van der Waals surface area contributed by atoms with Crippen LogP contribution >= 0.6 is 0 Å². The van der Waals surface area contributed by atoms with Crippen molar-refractivity contribution < 1.29 is 14.6 Å². The Bertz CT molecular complexity index is 1390. The number of hydrogen-bond donors (Lipinski definition) is 1. The Labute approximate surface area is 193 Å². The molecule has 1 amide bonds. The molecule has 1 N–H and O–H groups in total. The number of aliphatic hydroxyl groups excluding tert-OH is 1. The zero-order chi connectivity index (χ0) is 23.2. The van der Waals surface area contributed by atoms with E-state index >= 15 is 0 Å². The number of allylic oxidation sites excluding steroid dienone is 1. The highest BCUT2D eigenvalue weighted by atomic mass is 16.5. The second-order valence-electron chi connectivity index (χ2n) is 9.09. The zero-order valence-electron chi connectivity index (χ0n) is 19.1. The maximum absolute atomic E-state index is 13.7. The van der Waals surface area contributed by atoms with E-state index in [2.05, 4.69) is 18.2 Å². The number of carbonyl (C=O) groups excluding carboxylic acids is 1. The number of benzene rings is 4. The van der Waals surface area contributed by atoms with E-state index in [1.54, 1.807) is 4.90 Å². The molecule has 0 fully saturated rings. The topological polar surface area (TPSA) is 49.8 Å². The van der Waals surface area contributed by atoms with Gasteiger partial charge in [-0.1, -0.05) is 78.9 Å². The summed E-state index contributed by atoms with van der Waals surface area (Å²) in [5.41, 5.74) is 1.23. The molecule has 4 heteroatoms. The van der Waals surface area contributed by atoms with Gasteiger partial charge in [-0.2, -0.15) is 0 Å². The molecular weight excluding hydrogens is 410 g/mol. The first-order valence-electron chi connectivity index (χ1n) is 11.2. The summed E-state index contributed by atoms with van der Waals surface area (Å²) in [6.45, 7) is 5.70. The average molecular weight is 438 g/mol. The number of carbonyl (C=O) groups is 1. The molecule has 0 saturated carbocycles. The van der Waals surface area contributed by atoms with Crippen LogP contribution in [0.25, 0.3) is 27.1 Å². The van der Waals surface area contributed by atoms with Crippen molar-refractivity contribution in [1.82, 2.24) is 4.90 Å². The van der Waals surface area contributed by atoms with Gasteiger partial charge in [0.15, 0.2) is 6.73 Å². The van der Waals surface area contributed by atoms with Crippen LogP contribution in [0.1, 0.15) is 38.0 Å². The van der Waals surface area contributed by atoms with Gasteiger partial charge >= 0.3 is 0 Å². The molecule has 33 heavy (non-hydrogen) atoms. The molecule has 1 atom stereocenters. The number of rotatable bonds is 4. The number of fused-ring (bicyclic) bond motifs is 3. The van der Waals surface area contributed by atoms with Crippen molar-refractivity contribution in [2.24, 2.45) is 0 Å². The number of amides is 1. The van der Waals surface area contributed by atoms with E-state index < -0.39 is 11.6 Å². The Balaban J connectivity index is 1.59. The Morgan fingerprint density at radius 1 is 0.879 bits per heavy atom. The zero-order valence-corrected chi connectivity index (χ0v) is 19.1. The predicted molar refractivity (Wildman–Crippen MR) is 132 cm³/mol. The maximum Gasteiger partial charge on any atom is 0.261 e. The summed E-state index contributed by atoms with van der Waals surface area (Å²) >= 11 is 0. The quantitative estimate of drug-likeness (QED) is 0.395. The van der Waals surface area contributed by atoms with Crippen molar-refractivity contribution in [3.05, 3.63) is 102 Å². The molecule has 0 radical (unpaired) electrons. The van der Waals surface area contributed by atoms with Gasteiger partial charge in [0.1, 0.15) is 11.9 Å². The van der Waals surface area contributed by atoms with Crippen molar-refractivity contribution in [1.29, 1.82) is 0 Å². The van der Waals surface area contributed by atoms with Crippen LogP contribution < -0.4 is 0 Å². The van der Waals surface area contributed by atoms with Crippen LogP contribution in [-0.4, -0.2) is 28.2 Å². The fourth-order valence-electron chi connectivity index (χ4n) is 4.77. The normalized spacial score (nSPS) is 15.8. The van der Waals surface area contributed by atoms with Crippen LogP contribution in [0.5, 0.6) is 0 Å². The number of nitrogens with zero attached hydrogens (tertiary/aromatic N) is 1. The molecule has 0 bridgehead atoms. The van der Waals surface area contributed by atoms with Gasteiger partial charge in [0.2, 0.25) is 0 Å². The second-order valence-corrected chi connectivity index (χ2v) is 9.09. The fraction of sp³-hybridized carbons (Fsp3) is 0.207. The molecule has 4 aromatic rings.